The number of rotatable bonds is 4. The molecule has 0 atom stereocenters. The highest BCUT2D eigenvalue weighted by atomic mass is 79.9. The molecule has 0 aliphatic carbocycles. The lowest BCUT2D eigenvalue weighted by molar-refractivity contribution is 0.102. The van der Waals surface area contributed by atoms with Crippen molar-refractivity contribution in [1.29, 1.82) is 0 Å². The van der Waals surface area contributed by atoms with Gasteiger partial charge in [0.2, 0.25) is 5.95 Å². The van der Waals surface area contributed by atoms with Gasteiger partial charge in [-0.2, -0.15) is 0 Å². The van der Waals surface area contributed by atoms with Crippen LogP contribution in [0.1, 0.15) is 21.6 Å². The van der Waals surface area contributed by atoms with Gasteiger partial charge in [-0.05, 0) is 55.8 Å². The molecule has 0 aliphatic heterocycles. The summed E-state index contributed by atoms with van der Waals surface area (Å²) in [6.07, 6.45) is 1.56. The first kappa shape index (κ1) is 17.1. The van der Waals surface area contributed by atoms with E-state index >= 15 is 0 Å². The van der Waals surface area contributed by atoms with Gasteiger partial charge in [0.25, 0.3) is 5.91 Å². The predicted molar refractivity (Wildman–Crippen MR) is 103 cm³/mol. The second-order valence-corrected chi connectivity index (χ2v) is 6.59. The molecule has 1 aromatic heterocycles. The van der Waals surface area contributed by atoms with Crippen molar-refractivity contribution in [1.82, 2.24) is 9.97 Å². The van der Waals surface area contributed by atoms with Gasteiger partial charge in [-0.15, -0.1) is 0 Å². The summed E-state index contributed by atoms with van der Waals surface area (Å²) in [7, 11) is 0. The monoisotopic (exact) mass is 396 g/mol. The van der Waals surface area contributed by atoms with E-state index in [-0.39, 0.29) is 5.91 Å². The van der Waals surface area contributed by atoms with Crippen molar-refractivity contribution in [3.05, 3.63) is 76.0 Å². The Bertz CT molecular complexity index is 910. The number of aromatic nitrogens is 2. The van der Waals surface area contributed by atoms with E-state index in [9.17, 15) is 4.79 Å². The number of halogens is 1. The zero-order chi connectivity index (χ0) is 17.8. The first-order valence-corrected chi connectivity index (χ1v) is 8.55. The molecule has 3 rings (SSSR count). The molecule has 0 spiro atoms. The molecule has 25 heavy (non-hydrogen) atoms. The van der Waals surface area contributed by atoms with E-state index in [1.165, 1.54) is 0 Å². The minimum atomic E-state index is -0.276. The van der Waals surface area contributed by atoms with Crippen LogP contribution >= 0.6 is 15.9 Å². The second kappa shape index (κ2) is 7.44. The summed E-state index contributed by atoms with van der Waals surface area (Å²) in [5, 5.41) is 5.98. The van der Waals surface area contributed by atoms with Crippen molar-refractivity contribution in [2.45, 2.75) is 13.8 Å². The lowest BCUT2D eigenvalue weighted by Gasteiger charge is -2.10. The Morgan fingerprint density at radius 2 is 1.80 bits per heavy atom. The van der Waals surface area contributed by atoms with Crippen LogP contribution in [0.25, 0.3) is 0 Å². The quantitative estimate of drug-likeness (QED) is 0.661. The molecule has 0 aliphatic rings. The summed E-state index contributed by atoms with van der Waals surface area (Å²) in [6, 6.07) is 15.1. The highest BCUT2D eigenvalue weighted by Crippen LogP contribution is 2.22. The topological polar surface area (TPSA) is 66.9 Å². The number of aryl methyl sites for hydroxylation is 2. The second-order valence-electron chi connectivity index (χ2n) is 5.67. The molecule has 1 heterocycles. The lowest BCUT2D eigenvalue weighted by Crippen LogP contribution is -2.14. The molecule has 3 aromatic rings. The Balaban J connectivity index is 1.76. The van der Waals surface area contributed by atoms with E-state index in [2.05, 4.69) is 36.5 Å². The molecule has 0 unspecified atom stereocenters. The number of carbonyl (C=O) groups excluding carboxylic acids is 1. The predicted octanol–water partition coefficient (Wildman–Crippen LogP) is 4.85. The van der Waals surface area contributed by atoms with Crippen LogP contribution in [0.2, 0.25) is 0 Å². The Kier molecular flexibility index (Phi) is 5.09. The molecule has 2 N–H and O–H groups in total. The summed E-state index contributed by atoms with van der Waals surface area (Å²) >= 11 is 3.44. The highest BCUT2D eigenvalue weighted by molar-refractivity contribution is 9.10. The number of carbonyl (C=O) groups is 1. The molecule has 5 nitrogen and oxygen atoms in total. The maximum Gasteiger partial charge on any atom is 0.274 e. The standard InChI is InChI=1S/C19H17BrN4O/c1-12-3-6-15(7-4-12)22-18(25)17-9-10-21-19(24-17)23-16-8-5-14(20)11-13(16)2/h3-11H,1-2H3,(H,22,25)(H,21,23,24). The molecule has 0 fully saturated rings. The molecule has 0 saturated heterocycles. The maximum atomic E-state index is 12.4. The summed E-state index contributed by atoms with van der Waals surface area (Å²) in [6.45, 7) is 3.99. The zero-order valence-corrected chi connectivity index (χ0v) is 15.5. The molecule has 1 amide bonds. The zero-order valence-electron chi connectivity index (χ0n) is 13.9. The van der Waals surface area contributed by atoms with Gasteiger partial charge in [0.15, 0.2) is 0 Å². The summed E-state index contributed by atoms with van der Waals surface area (Å²) in [5.41, 5.74) is 4.10. The number of hydrogen-bond donors (Lipinski definition) is 2. The van der Waals surface area contributed by atoms with Gasteiger partial charge in [-0.25, -0.2) is 9.97 Å². The van der Waals surface area contributed by atoms with Gasteiger partial charge in [-0.3, -0.25) is 4.79 Å². The van der Waals surface area contributed by atoms with E-state index < -0.39 is 0 Å². The van der Waals surface area contributed by atoms with E-state index in [0.717, 1.165) is 27.0 Å². The highest BCUT2D eigenvalue weighted by Gasteiger charge is 2.10. The average molecular weight is 397 g/mol. The van der Waals surface area contributed by atoms with Crippen molar-refractivity contribution >= 4 is 39.2 Å². The average Bonchev–Trinajstić information content (AvgIpc) is 2.60. The normalized spacial score (nSPS) is 10.4. The SMILES string of the molecule is Cc1ccc(NC(=O)c2ccnc(Nc3ccc(Br)cc3C)n2)cc1. The molecular weight excluding hydrogens is 380 g/mol. The Hall–Kier alpha value is -2.73. The van der Waals surface area contributed by atoms with Crippen LogP contribution in [-0.2, 0) is 0 Å². The van der Waals surface area contributed by atoms with Crippen molar-refractivity contribution in [3.8, 4) is 0 Å². The van der Waals surface area contributed by atoms with Crippen LogP contribution in [0.15, 0.2) is 59.2 Å². The molecular formula is C19H17BrN4O. The van der Waals surface area contributed by atoms with Gasteiger partial charge >= 0.3 is 0 Å². The minimum absolute atomic E-state index is 0.276. The summed E-state index contributed by atoms with van der Waals surface area (Å²) in [4.78, 5) is 20.9. The molecule has 6 heteroatoms. The van der Waals surface area contributed by atoms with E-state index in [1.54, 1.807) is 12.3 Å². The van der Waals surface area contributed by atoms with Crippen LogP contribution < -0.4 is 10.6 Å². The molecule has 2 aromatic carbocycles. The van der Waals surface area contributed by atoms with Crippen LogP contribution in [0.3, 0.4) is 0 Å². The number of nitrogens with one attached hydrogen (secondary N) is 2. The molecule has 0 radical (unpaired) electrons. The Morgan fingerprint density at radius 3 is 2.52 bits per heavy atom. The number of amides is 1. The number of benzene rings is 2. The van der Waals surface area contributed by atoms with Crippen LogP contribution in [0.5, 0.6) is 0 Å². The fourth-order valence-corrected chi connectivity index (χ4v) is 2.74. The Morgan fingerprint density at radius 1 is 1.04 bits per heavy atom. The molecule has 126 valence electrons. The molecule has 0 bridgehead atoms. The van der Waals surface area contributed by atoms with Crippen LogP contribution in [0, 0.1) is 13.8 Å². The lowest BCUT2D eigenvalue weighted by atomic mass is 10.2. The summed E-state index contributed by atoms with van der Waals surface area (Å²) < 4.78 is 1.00. The van der Waals surface area contributed by atoms with E-state index in [1.807, 2.05) is 56.3 Å². The minimum Gasteiger partial charge on any atom is -0.324 e. The fraction of sp³-hybridized carbons (Fsp3) is 0.105. The van der Waals surface area contributed by atoms with Gasteiger partial charge in [0.05, 0.1) is 0 Å². The number of hydrogen-bond acceptors (Lipinski definition) is 4. The first-order chi connectivity index (χ1) is 12.0. The maximum absolute atomic E-state index is 12.4. The van der Waals surface area contributed by atoms with Crippen LogP contribution in [0.4, 0.5) is 17.3 Å². The van der Waals surface area contributed by atoms with Gasteiger partial charge in [-0.1, -0.05) is 33.6 Å². The smallest absolute Gasteiger partial charge is 0.274 e. The Labute approximate surface area is 154 Å². The summed E-state index contributed by atoms with van der Waals surface area (Å²) in [5.74, 6) is 0.101. The van der Waals surface area contributed by atoms with E-state index in [0.29, 0.717) is 11.6 Å². The molecule has 0 saturated carbocycles. The number of anilines is 3. The van der Waals surface area contributed by atoms with Crippen molar-refractivity contribution in [3.63, 3.8) is 0 Å². The van der Waals surface area contributed by atoms with Crippen LogP contribution in [-0.4, -0.2) is 15.9 Å². The van der Waals surface area contributed by atoms with Gasteiger partial charge in [0, 0.05) is 22.0 Å². The van der Waals surface area contributed by atoms with Crippen molar-refractivity contribution in [2.75, 3.05) is 10.6 Å². The number of nitrogens with zero attached hydrogens (tertiary/aromatic N) is 2. The van der Waals surface area contributed by atoms with Gasteiger partial charge in [0.1, 0.15) is 5.69 Å². The van der Waals surface area contributed by atoms with Gasteiger partial charge < -0.3 is 10.6 Å². The fourth-order valence-electron chi connectivity index (χ4n) is 2.27. The third kappa shape index (κ3) is 4.42. The van der Waals surface area contributed by atoms with Crippen molar-refractivity contribution in [2.24, 2.45) is 0 Å². The third-order valence-electron chi connectivity index (χ3n) is 3.63. The van der Waals surface area contributed by atoms with Crippen molar-refractivity contribution < 1.29 is 4.79 Å². The van der Waals surface area contributed by atoms with E-state index in [4.69, 9.17) is 0 Å². The third-order valence-corrected chi connectivity index (χ3v) is 4.13. The first-order valence-electron chi connectivity index (χ1n) is 7.75. The largest absolute Gasteiger partial charge is 0.324 e.